The van der Waals surface area contributed by atoms with Crippen LogP contribution in [0.1, 0.15) is 26.7 Å². The summed E-state index contributed by atoms with van der Waals surface area (Å²) in [6, 6.07) is -0.932. The van der Waals surface area contributed by atoms with Gasteiger partial charge in [0, 0.05) is 6.54 Å². The Labute approximate surface area is 118 Å². The van der Waals surface area contributed by atoms with Gasteiger partial charge in [0.15, 0.2) is 0 Å². The molecule has 0 aromatic heterocycles. The molecule has 0 aromatic rings. The molecule has 2 atom stereocenters. The molecule has 1 aliphatic carbocycles. The van der Waals surface area contributed by atoms with E-state index in [9.17, 15) is 23.4 Å². The summed E-state index contributed by atoms with van der Waals surface area (Å²) in [5, 5.41) is 22.2. The van der Waals surface area contributed by atoms with Crippen LogP contribution in [0.3, 0.4) is 0 Å². The smallest absolute Gasteiger partial charge is 0.328 e. The number of rotatable bonds is 5. The number of urea groups is 1. The molecule has 2 amide bonds. The third-order valence-corrected chi connectivity index (χ3v) is 4.60. The first-order valence-electron chi connectivity index (χ1n) is 6.31. The molecule has 0 heterocycles. The number of allylic oxidation sites excluding steroid dienone is 2. The van der Waals surface area contributed by atoms with E-state index in [1.54, 1.807) is 11.6 Å². The molecule has 0 aliphatic heterocycles. The van der Waals surface area contributed by atoms with Crippen LogP contribution in [0.15, 0.2) is 23.8 Å². The molecule has 0 spiro atoms. The van der Waals surface area contributed by atoms with Crippen LogP contribution < -0.4 is 10.0 Å². The zero-order valence-corrected chi connectivity index (χ0v) is 12.3. The van der Waals surface area contributed by atoms with E-state index in [1.807, 2.05) is 6.92 Å². The molecule has 7 nitrogen and oxygen atoms in total. The Morgan fingerprint density at radius 2 is 2.15 bits per heavy atom. The summed E-state index contributed by atoms with van der Waals surface area (Å²) in [6.07, 6.45) is 3.43. The van der Waals surface area contributed by atoms with Gasteiger partial charge in [0.25, 0.3) is 10.0 Å². The Bertz CT molecular complexity index is 526. The normalized spacial score (nSPS) is 26.0. The van der Waals surface area contributed by atoms with Crippen molar-refractivity contribution in [3.63, 3.8) is 0 Å². The number of carbonyl (C=O) groups excluding carboxylic acids is 1. The molecule has 0 saturated carbocycles. The van der Waals surface area contributed by atoms with Crippen LogP contribution >= 0.6 is 0 Å². The average molecular weight is 304 g/mol. The van der Waals surface area contributed by atoms with Crippen molar-refractivity contribution in [3.8, 4) is 0 Å². The van der Waals surface area contributed by atoms with Crippen LogP contribution in [-0.2, 0) is 10.0 Å². The van der Waals surface area contributed by atoms with Crippen LogP contribution in [0.2, 0.25) is 0 Å². The second kappa shape index (κ2) is 6.38. The summed E-state index contributed by atoms with van der Waals surface area (Å²) in [4.78, 5) is 8.89. The lowest BCUT2D eigenvalue weighted by molar-refractivity contribution is 0.0446. The van der Waals surface area contributed by atoms with E-state index < -0.39 is 27.1 Å². The van der Waals surface area contributed by atoms with Crippen molar-refractivity contribution in [1.29, 1.82) is 0 Å². The summed E-state index contributed by atoms with van der Waals surface area (Å²) in [6.45, 7) is 3.90. The molecule has 2 unspecified atom stereocenters. The Balaban J connectivity index is 2.79. The number of nitrogens with one attached hydrogen (secondary N) is 2. The fourth-order valence-electron chi connectivity index (χ4n) is 1.64. The topological polar surface area (TPSA) is 116 Å². The predicted octanol–water partition coefficient (Wildman–Crippen LogP) is -0.0189. The molecule has 114 valence electrons. The quantitative estimate of drug-likeness (QED) is 0.533. The third-order valence-electron chi connectivity index (χ3n) is 2.90. The maximum Gasteiger partial charge on any atom is 0.328 e. The van der Waals surface area contributed by atoms with Gasteiger partial charge in [-0.05, 0) is 25.5 Å². The lowest BCUT2D eigenvalue weighted by atomic mass is 10.0. The molecule has 8 heteroatoms. The maximum atomic E-state index is 12.0. The van der Waals surface area contributed by atoms with E-state index in [2.05, 4.69) is 5.32 Å². The van der Waals surface area contributed by atoms with Crippen molar-refractivity contribution in [2.24, 2.45) is 0 Å². The summed E-state index contributed by atoms with van der Waals surface area (Å²) in [5.41, 5.74) is 0.616. The van der Waals surface area contributed by atoms with Gasteiger partial charge in [0.05, 0.1) is 0 Å². The standard InChI is InChI=1S/C12H20N2O5S/c1-3-4-7-13-11(16)14-20(18,19)12(17)6-5-9(2)8-10(12)15/h5-6,8,10,15,17H,3-4,7H2,1-2H3,(H2,13,14,16). The number of hydrogen-bond acceptors (Lipinski definition) is 5. The number of sulfonamides is 1. The van der Waals surface area contributed by atoms with E-state index in [0.717, 1.165) is 12.5 Å². The molecule has 0 saturated heterocycles. The Morgan fingerprint density at radius 3 is 2.70 bits per heavy atom. The van der Waals surface area contributed by atoms with Crippen molar-refractivity contribution in [2.75, 3.05) is 6.54 Å². The van der Waals surface area contributed by atoms with Gasteiger partial charge in [0.1, 0.15) is 6.10 Å². The molecule has 0 bridgehead atoms. The van der Waals surface area contributed by atoms with Crippen LogP contribution in [0.25, 0.3) is 0 Å². The second-order valence-corrected chi connectivity index (χ2v) is 6.52. The van der Waals surface area contributed by atoms with Crippen molar-refractivity contribution >= 4 is 16.1 Å². The molecule has 0 radical (unpaired) electrons. The van der Waals surface area contributed by atoms with Gasteiger partial charge in [-0.15, -0.1) is 0 Å². The van der Waals surface area contributed by atoms with E-state index in [-0.39, 0.29) is 0 Å². The van der Waals surface area contributed by atoms with Crippen molar-refractivity contribution in [3.05, 3.63) is 23.8 Å². The number of carbonyl (C=O) groups is 1. The summed E-state index contributed by atoms with van der Waals surface area (Å²) < 4.78 is 25.7. The van der Waals surface area contributed by atoms with Gasteiger partial charge in [-0.1, -0.05) is 25.0 Å². The molecular formula is C12H20N2O5S. The number of aliphatic hydroxyl groups excluding tert-OH is 1. The molecule has 0 fully saturated rings. The van der Waals surface area contributed by atoms with E-state index in [4.69, 9.17) is 0 Å². The number of unbranched alkanes of at least 4 members (excludes halogenated alkanes) is 1. The van der Waals surface area contributed by atoms with Gasteiger partial charge >= 0.3 is 6.03 Å². The minimum absolute atomic E-state index is 0.327. The Kier molecular flexibility index (Phi) is 5.32. The van der Waals surface area contributed by atoms with Crippen LogP contribution in [0.4, 0.5) is 4.79 Å². The zero-order valence-electron chi connectivity index (χ0n) is 11.5. The predicted molar refractivity (Wildman–Crippen MR) is 74.2 cm³/mol. The summed E-state index contributed by atoms with van der Waals surface area (Å²) in [5.74, 6) is 0. The summed E-state index contributed by atoms with van der Waals surface area (Å²) in [7, 11) is -4.48. The molecule has 0 aromatic carbocycles. The lowest BCUT2D eigenvalue weighted by Crippen LogP contribution is -2.56. The van der Waals surface area contributed by atoms with Crippen LogP contribution in [-0.4, -0.2) is 42.2 Å². The lowest BCUT2D eigenvalue weighted by Gasteiger charge is -2.30. The van der Waals surface area contributed by atoms with Crippen molar-refractivity contribution < 1.29 is 23.4 Å². The average Bonchev–Trinajstić information content (AvgIpc) is 2.34. The van der Waals surface area contributed by atoms with Gasteiger partial charge < -0.3 is 15.5 Å². The van der Waals surface area contributed by atoms with Gasteiger partial charge in [-0.2, -0.15) is 0 Å². The van der Waals surface area contributed by atoms with E-state index >= 15 is 0 Å². The first kappa shape index (κ1) is 16.7. The highest BCUT2D eigenvalue weighted by molar-refractivity contribution is 7.91. The fraction of sp³-hybridized carbons (Fsp3) is 0.583. The molecular weight excluding hydrogens is 284 g/mol. The highest BCUT2D eigenvalue weighted by Crippen LogP contribution is 2.26. The van der Waals surface area contributed by atoms with E-state index in [0.29, 0.717) is 18.5 Å². The van der Waals surface area contributed by atoms with Crippen molar-refractivity contribution in [2.45, 2.75) is 37.7 Å². The SMILES string of the molecule is CCCCNC(=O)NS(=O)(=O)C1(O)C=CC(C)=CC1O. The van der Waals surface area contributed by atoms with Crippen LogP contribution in [0, 0.1) is 0 Å². The van der Waals surface area contributed by atoms with Gasteiger partial charge in [-0.3, -0.25) is 0 Å². The first-order chi connectivity index (χ1) is 9.23. The Morgan fingerprint density at radius 1 is 1.50 bits per heavy atom. The maximum absolute atomic E-state index is 12.0. The second-order valence-electron chi connectivity index (χ2n) is 4.66. The minimum Gasteiger partial charge on any atom is -0.384 e. The fourth-order valence-corrected chi connectivity index (χ4v) is 2.75. The highest BCUT2D eigenvalue weighted by atomic mass is 32.2. The molecule has 1 aliphatic rings. The first-order valence-corrected chi connectivity index (χ1v) is 7.79. The number of hydrogen-bond donors (Lipinski definition) is 4. The largest absolute Gasteiger partial charge is 0.384 e. The highest BCUT2D eigenvalue weighted by Gasteiger charge is 2.47. The van der Waals surface area contributed by atoms with Crippen LogP contribution in [0.5, 0.6) is 0 Å². The molecule has 4 N–H and O–H groups in total. The molecule has 20 heavy (non-hydrogen) atoms. The molecule has 1 rings (SSSR count). The van der Waals surface area contributed by atoms with Gasteiger partial charge in [-0.25, -0.2) is 17.9 Å². The van der Waals surface area contributed by atoms with E-state index in [1.165, 1.54) is 12.2 Å². The monoisotopic (exact) mass is 304 g/mol. The minimum atomic E-state index is -4.48. The third kappa shape index (κ3) is 3.59. The number of aliphatic hydroxyl groups is 2. The van der Waals surface area contributed by atoms with Crippen molar-refractivity contribution in [1.82, 2.24) is 10.0 Å². The van der Waals surface area contributed by atoms with Gasteiger partial charge in [0.2, 0.25) is 4.93 Å². The Hall–Kier alpha value is -1.38. The zero-order chi connectivity index (χ0) is 15.4. The number of amides is 2. The summed E-state index contributed by atoms with van der Waals surface area (Å²) >= 11 is 0.